The lowest BCUT2D eigenvalue weighted by molar-refractivity contribution is -0.123. The van der Waals surface area contributed by atoms with Gasteiger partial charge in [0.1, 0.15) is 10.6 Å². The van der Waals surface area contributed by atoms with Gasteiger partial charge in [-0.25, -0.2) is 13.1 Å². The molecule has 0 spiro atoms. The molecule has 0 aliphatic heterocycles. The first-order chi connectivity index (χ1) is 9.35. The van der Waals surface area contributed by atoms with E-state index in [9.17, 15) is 13.2 Å². The third-order valence-electron chi connectivity index (χ3n) is 3.10. The fourth-order valence-corrected chi connectivity index (χ4v) is 2.99. The molecular weight excluding hydrogens is 280 g/mol. The van der Waals surface area contributed by atoms with Crippen LogP contribution < -0.4 is 15.2 Å². The van der Waals surface area contributed by atoms with Gasteiger partial charge < -0.3 is 10.5 Å². The van der Waals surface area contributed by atoms with Crippen LogP contribution in [0.3, 0.4) is 0 Å². The molecule has 0 aromatic heterocycles. The predicted molar refractivity (Wildman–Crippen MR) is 76.8 cm³/mol. The maximum Gasteiger partial charge on any atom is 0.266 e. The van der Waals surface area contributed by atoms with Crippen molar-refractivity contribution in [3.63, 3.8) is 0 Å². The summed E-state index contributed by atoms with van der Waals surface area (Å²) in [6.07, 6.45) is 1.16. The van der Waals surface area contributed by atoms with Crippen molar-refractivity contribution in [2.75, 3.05) is 12.8 Å². The van der Waals surface area contributed by atoms with Crippen molar-refractivity contribution in [3.05, 3.63) is 18.2 Å². The van der Waals surface area contributed by atoms with Crippen LogP contribution in [0.5, 0.6) is 5.75 Å². The number of sulfonamides is 1. The number of anilines is 1. The van der Waals surface area contributed by atoms with Crippen LogP contribution in [0.1, 0.15) is 26.7 Å². The van der Waals surface area contributed by atoms with Gasteiger partial charge in [-0.05, 0) is 25.0 Å². The van der Waals surface area contributed by atoms with Crippen LogP contribution in [0.2, 0.25) is 0 Å². The van der Waals surface area contributed by atoms with Gasteiger partial charge in [0.25, 0.3) is 10.0 Å². The Bertz CT molecular complexity index is 580. The second kappa shape index (κ2) is 6.60. The van der Waals surface area contributed by atoms with Crippen LogP contribution in [0.15, 0.2) is 23.1 Å². The Hall–Kier alpha value is -1.76. The number of benzene rings is 1. The number of ether oxygens (including phenoxy) is 1. The molecule has 1 aromatic rings. The molecule has 0 unspecified atom stereocenters. The summed E-state index contributed by atoms with van der Waals surface area (Å²) in [6.45, 7) is 3.67. The Balaban J connectivity index is 3.03. The number of rotatable bonds is 6. The third kappa shape index (κ3) is 3.63. The predicted octanol–water partition coefficient (Wildman–Crippen LogP) is 1.52. The van der Waals surface area contributed by atoms with Gasteiger partial charge in [-0.15, -0.1) is 0 Å². The Labute approximate surface area is 119 Å². The molecule has 0 atom stereocenters. The van der Waals surface area contributed by atoms with E-state index in [4.69, 9.17) is 10.5 Å². The molecule has 1 aromatic carbocycles. The number of carbonyl (C=O) groups is 1. The van der Waals surface area contributed by atoms with E-state index < -0.39 is 15.9 Å². The van der Waals surface area contributed by atoms with Gasteiger partial charge >= 0.3 is 0 Å². The van der Waals surface area contributed by atoms with E-state index in [1.54, 1.807) is 0 Å². The van der Waals surface area contributed by atoms with Crippen LogP contribution in [0, 0.1) is 5.92 Å². The number of amides is 1. The van der Waals surface area contributed by atoms with Crippen molar-refractivity contribution in [3.8, 4) is 5.75 Å². The molecule has 112 valence electrons. The van der Waals surface area contributed by atoms with Gasteiger partial charge in [0.2, 0.25) is 5.91 Å². The molecule has 1 amide bonds. The minimum absolute atomic E-state index is 0.0363. The van der Waals surface area contributed by atoms with E-state index >= 15 is 0 Å². The Kier molecular flexibility index (Phi) is 5.38. The van der Waals surface area contributed by atoms with Gasteiger partial charge in [0.05, 0.1) is 12.8 Å². The molecule has 1 rings (SSSR count). The Morgan fingerprint density at radius 1 is 1.35 bits per heavy atom. The first-order valence-electron chi connectivity index (χ1n) is 6.35. The molecule has 0 fully saturated rings. The highest BCUT2D eigenvalue weighted by atomic mass is 32.2. The SMILES string of the molecule is CCC(CC)C(=O)NS(=O)(=O)c1ccc(OC)cc1N. The summed E-state index contributed by atoms with van der Waals surface area (Å²) >= 11 is 0. The summed E-state index contributed by atoms with van der Waals surface area (Å²) in [7, 11) is -2.50. The molecule has 0 radical (unpaired) electrons. The molecule has 3 N–H and O–H groups in total. The summed E-state index contributed by atoms with van der Waals surface area (Å²) in [5.74, 6) is -0.387. The van der Waals surface area contributed by atoms with Gasteiger partial charge in [0.15, 0.2) is 0 Å². The quantitative estimate of drug-likeness (QED) is 0.776. The number of methoxy groups -OCH3 is 1. The molecule has 0 heterocycles. The normalized spacial score (nSPS) is 11.4. The third-order valence-corrected chi connectivity index (χ3v) is 4.52. The van der Waals surface area contributed by atoms with Crippen LogP contribution >= 0.6 is 0 Å². The largest absolute Gasteiger partial charge is 0.497 e. The number of nitrogen functional groups attached to an aromatic ring is 1. The van der Waals surface area contributed by atoms with Crippen LogP contribution in [0.4, 0.5) is 5.69 Å². The number of carbonyl (C=O) groups excluding carboxylic acids is 1. The van der Waals surface area contributed by atoms with Crippen molar-refractivity contribution in [2.45, 2.75) is 31.6 Å². The summed E-state index contributed by atoms with van der Waals surface area (Å²) in [4.78, 5) is 11.7. The summed E-state index contributed by atoms with van der Waals surface area (Å²) in [5.41, 5.74) is 5.73. The monoisotopic (exact) mass is 300 g/mol. The minimum atomic E-state index is -3.96. The van der Waals surface area contributed by atoms with E-state index in [0.717, 1.165) is 0 Å². The summed E-state index contributed by atoms with van der Waals surface area (Å²) in [6, 6.07) is 4.19. The topological polar surface area (TPSA) is 98.5 Å². The van der Waals surface area contributed by atoms with Gasteiger partial charge in [-0.2, -0.15) is 0 Å². The maximum absolute atomic E-state index is 12.1. The Morgan fingerprint density at radius 3 is 2.40 bits per heavy atom. The van der Waals surface area contributed by atoms with Crippen molar-refractivity contribution in [1.82, 2.24) is 4.72 Å². The van der Waals surface area contributed by atoms with Crippen molar-refractivity contribution in [2.24, 2.45) is 5.92 Å². The number of hydrogen-bond acceptors (Lipinski definition) is 5. The van der Waals surface area contributed by atoms with Crippen molar-refractivity contribution < 1.29 is 17.9 Å². The second-order valence-corrected chi connectivity index (χ2v) is 6.04. The molecule has 0 bridgehead atoms. The molecular formula is C13H20N2O4S. The average molecular weight is 300 g/mol. The lowest BCUT2D eigenvalue weighted by Crippen LogP contribution is -2.35. The van der Waals surface area contributed by atoms with E-state index in [1.165, 1.54) is 25.3 Å². The molecule has 0 aliphatic rings. The fraction of sp³-hybridized carbons (Fsp3) is 0.462. The number of nitrogens with one attached hydrogen (secondary N) is 1. The van der Waals surface area contributed by atoms with Gasteiger partial charge in [0, 0.05) is 12.0 Å². The highest BCUT2D eigenvalue weighted by Crippen LogP contribution is 2.24. The van der Waals surface area contributed by atoms with Crippen molar-refractivity contribution in [1.29, 1.82) is 0 Å². The van der Waals surface area contributed by atoms with E-state index in [-0.39, 0.29) is 16.5 Å². The minimum Gasteiger partial charge on any atom is -0.497 e. The van der Waals surface area contributed by atoms with Crippen LogP contribution in [0.25, 0.3) is 0 Å². The highest BCUT2D eigenvalue weighted by Gasteiger charge is 2.24. The lowest BCUT2D eigenvalue weighted by atomic mass is 10.0. The molecule has 6 nitrogen and oxygen atoms in total. The summed E-state index contributed by atoms with van der Waals surface area (Å²) < 4.78 is 31.3. The fourth-order valence-electron chi connectivity index (χ4n) is 1.83. The van der Waals surface area contributed by atoms with Crippen LogP contribution in [-0.4, -0.2) is 21.4 Å². The van der Waals surface area contributed by atoms with E-state index in [0.29, 0.717) is 18.6 Å². The average Bonchev–Trinajstić information content (AvgIpc) is 2.38. The van der Waals surface area contributed by atoms with Crippen molar-refractivity contribution >= 4 is 21.6 Å². The van der Waals surface area contributed by atoms with E-state index in [2.05, 4.69) is 4.72 Å². The Morgan fingerprint density at radius 2 is 1.95 bits per heavy atom. The molecule has 7 heteroatoms. The highest BCUT2D eigenvalue weighted by molar-refractivity contribution is 7.90. The van der Waals surface area contributed by atoms with Crippen LogP contribution in [-0.2, 0) is 14.8 Å². The first-order valence-corrected chi connectivity index (χ1v) is 7.84. The zero-order valence-corrected chi connectivity index (χ0v) is 12.7. The lowest BCUT2D eigenvalue weighted by Gasteiger charge is -2.14. The first kappa shape index (κ1) is 16.3. The number of hydrogen-bond donors (Lipinski definition) is 2. The molecule has 0 saturated heterocycles. The maximum atomic E-state index is 12.1. The zero-order chi connectivity index (χ0) is 15.3. The van der Waals surface area contributed by atoms with Gasteiger partial charge in [-0.3, -0.25) is 4.79 Å². The molecule has 0 saturated carbocycles. The standard InChI is InChI=1S/C13H20N2O4S/c1-4-9(5-2)13(16)15-20(17,18)12-7-6-10(19-3)8-11(12)14/h6-9H,4-5,14H2,1-3H3,(H,15,16). The zero-order valence-electron chi connectivity index (χ0n) is 11.8. The van der Waals surface area contributed by atoms with Gasteiger partial charge in [-0.1, -0.05) is 13.8 Å². The molecule has 20 heavy (non-hydrogen) atoms. The summed E-state index contributed by atoms with van der Waals surface area (Å²) in [5, 5.41) is 0. The second-order valence-electron chi connectivity index (χ2n) is 4.39. The smallest absolute Gasteiger partial charge is 0.266 e. The van der Waals surface area contributed by atoms with E-state index in [1.807, 2.05) is 13.8 Å². The molecule has 0 aliphatic carbocycles. The number of nitrogens with two attached hydrogens (primary N) is 1.